The molecular weight excluding hydrogens is 464 g/mol. The summed E-state index contributed by atoms with van der Waals surface area (Å²) in [5.41, 5.74) is 0.511. The Morgan fingerprint density at radius 1 is 1.00 bits per heavy atom. The third-order valence-electron chi connectivity index (χ3n) is 4.00. The van der Waals surface area contributed by atoms with Crippen molar-refractivity contribution in [3.05, 3.63) is 82.5 Å². The molecule has 0 saturated carbocycles. The predicted molar refractivity (Wildman–Crippen MR) is 113 cm³/mol. The van der Waals surface area contributed by atoms with Crippen molar-refractivity contribution in [3.8, 4) is 11.8 Å². The third-order valence-corrected chi connectivity index (χ3v) is 4.21. The fourth-order valence-electron chi connectivity index (χ4n) is 2.51. The Kier molecular flexibility index (Phi) is 7.25. The highest BCUT2D eigenvalue weighted by molar-refractivity contribution is 6.29. The molecule has 1 aromatic carbocycles. The van der Waals surface area contributed by atoms with Gasteiger partial charge in [0.2, 0.25) is 5.91 Å². The van der Waals surface area contributed by atoms with Crippen LogP contribution in [0.15, 0.2) is 54.7 Å². The number of carbonyl (C=O) groups is 2. The van der Waals surface area contributed by atoms with Gasteiger partial charge in [-0.1, -0.05) is 29.7 Å². The molecule has 11 heteroatoms. The monoisotopic (exact) mass is 476 g/mol. The summed E-state index contributed by atoms with van der Waals surface area (Å²) in [5, 5.41) is 4.24. The first-order chi connectivity index (χ1) is 15.6. The fraction of sp³-hybridized carbons (Fsp3) is 0.0909. The van der Waals surface area contributed by atoms with E-state index in [1.54, 1.807) is 5.32 Å². The number of anilines is 2. The van der Waals surface area contributed by atoms with E-state index in [1.807, 2.05) is 0 Å². The first-order valence-electron chi connectivity index (χ1n) is 9.17. The summed E-state index contributed by atoms with van der Waals surface area (Å²) in [6.07, 6.45) is -3.72. The standard InChI is InChI=1S/C22H13ClF4N4O2/c23-18-8-7-17(30-21(33)22(25,26)27)16(29-18)6-3-14-9-10-28-19(11-14)31-20(32)12-13-1-4-15(24)5-2-13/h1-2,4-5,7-11H,12H2,(H,30,33)(H,28,31,32). The van der Waals surface area contributed by atoms with Crippen LogP contribution < -0.4 is 10.6 Å². The molecule has 2 heterocycles. The van der Waals surface area contributed by atoms with Gasteiger partial charge in [0, 0.05) is 11.8 Å². The molecular formula is C22H13ClF4N4O2. The van der Waals surface area contributed by atoms with E-state index in [0.717, 1.165) is 6.07 Å². The Balaban J connectivity index is 1.75. The summed E-state index contributed by atoms with van der Waals surface area (Å²) < 4.78 is 50.6. The Hall–Kier alpha value is -3.97. The summed E-state index contributed by atoms with van der Waals surface area (Å²) >= 11 is 5.79. The zero-order chi connectivity index (χ0) is 24.0. The zero-order valence-electron chi connectivity index (χ0n) is 16.5. The number of benzene rings is 1. The lowest BCUT2D eigenvalue weighted by molar-refractivity contribution is -0.167. The molecule has 0 bridgehead atoms. The number of nitrogens with one attached hydrogen (secondary N) is 2. The van der Waals surface area contributed by atoms with E-state index in [4.69, 9.17) is 11.6 Å². The van der Waals surface area contributed by atoms with Crippen LogP contribution >= 0.6 is 11.6 Å². The van der Waals surface area contributed by atoms with Crippen molar-refractivity contribution in [1.82, 2.24) is 9.97 Å². The largest absolute Gasteiger partial charge is 0.471 e. The molecule has 168 valence electrons. The minimum atomic E-state index is -5.09. The first kappa shape index (κ1) is 23.7. The second-order valence-electron chi connectivity index (χ2n) is 6.51. The molecule has 2 aromatic heterocycles. The average molecular weight is 477 g/mol. The van der Waals surface area contributed by atoms with Crippen LogP contribution in [0.4, 0.5) is 29.1 Å². The number of carbonyl (C=O) groups excluding carboxylic acids is 2. The van der Waals surface area contributed by atoms with Gasteiger partial charge in [-0.05, 0) is 47.9 Å². The number of alkyl halides is 3. The summed E-state index contributed by atoms with van der Waals surface area (Å²) in [6, 6.07) is 10.7. The van der Waals surface area contributed by atoms with Gasteiger partial charge in [-0.25, -0.2) is 14.4 Å². The molecule has 0 spiro atoms. The van der Waals surface area contributed by atoms with Crippen LogP contribution in [0, 0.1) is 17.7 Å². The number of nitrogens with zero attached hydrogens (tertiary/aromatic N) is 2. The molecule has 0 atom stereocenters. The van der Waals surface area contributed by atoms with Crippen LogP contribution in [0.5, 0.6) is 0 Å². The quantitative estimate of drug-likeness (QED) is 0.333. The SMILES string of the molecule is O=C(Cc1ccc(F)cc1)Nc1cc(C#Cc2nc(Cl)ccc2NC(=O)C(F)(F)F)ccn1. The number of hydrogen-bond acceptors (Lipinski definition) is 4. The lowest BCUT2D eigenvalue weighted by atomic mass is 10.1. The van der Waals surface area contributed by atoms with Crippen molar-refractivity contribution in [2.75, 3.05) is 10.6 Å². The number of hydrogen-bond donors (Lipinski definition) is 2. The molecule has 0 radical (unpaired) electrons. The fourth-order valence-corrected chi connectivity index (χ4v) is 2.65. The lowest BCUT2D eigenvalue weighted by Gasteiger charge is -2.09. The Bertz CT molecular complexity index is 1250. The van der Waals surface area contributed by atoms with Crippen LogP contribution in [-0.2, 0) is 16.0 Å². The van der Waals surface area contributed by atoms with E-state index < -0.39 is 23.8 Å². The van der Waals surface area contributed by atoms with Crippen molar-refractivity contribution >= 4 is 34.9 Å². The van der Waals surface area contributed by atoms with Crippen LogP contribution in [0.3, 0.4) is 0 Å². The van der Waals surface area contributed by atoms with Crippen molar-refractivity contribution < 1.29 is 27.2 Å². The van der Waals surface area contributed by atoms with Crippen LogP contribution in [0.1, 0.15) is 16.8 Å². The molecule has 0 aliphatic carbocycles. The van der Waals surface area contributed by atoms with E-state index in [-0.39, 0.29) is 28.8 Å². The molecule has 2 N–H and O–H groups in total. The van der Waals surface area contributed by atoms with E-state index in [1.165, 1.54) is 48.7 Å². The second-order valence-corrected chi connectivity index (χ2v) is 6.90. The molecule has 6 nitrogen and oxygen atoms in total. The van der Waals surface area contributed by atoms with Crippen LogP contribution in [0.2, 0.25) is 5.15 Å². The Morgan fingerprint density at radius 3 is 2.42 bits per heavy atom. The van der Waals surface area contributed by atoms with Crippen molar-refractivity contribution in [1.29, 1.82) is 0 Å². The number of halogens is 5. The third kappa shape index (κ3) is 7.02. The van der Waals surface area contributed by atoms with E-state index in [0.29, 0.717) is 11.1 Å². The maximum absolute atomic E-state index is 13.0. The molecule has 3 aromatic rings. The smallest absolute Gasteiger partial charge is 0.316 e. The van der Waals surface area contributed by atoms with Gasteiger partial charge in [0.05, 0.1) is 12.1 Å². The highest BCUT2D eigenvalue weighted by Gasteiger charge is 2.39. The normalized spacial score (nSPS) is 10.7. The number of aromatic nitrogens is 2. The van der Waals surface area contributed by atoms with Gasteiger partial charge in [0.15, 0.2) is 0 Å². The average Bonchev–Trinajstić information content (AvgIpc) is 2.75. The minimum absolute atomic E-state index is 0.00738. The van der Waals surface area contributed by atoms with Crippen LogP contribution in [0.25, 0.3) is 0 Å². The molecule has 0 aliphatic heterocycles. The maximum atomic E-state index is 13.0. The van der Waals surface area contributed by atoms with Gasteiger partial charge in [0.1, 0.15) is 22.5 Å². The van der Waals surface area contributed by atoms with Gasteiger partial charge >= 0.3 is 12.1 Å². The van der Waals surface area contributed by atoms with Crippen molar-refractivity contribution in [3.63, 3.8) is 0 Å². The van der Waals surface area contributed by atoms with Gasteiger partial charge in [-0.3, -0.25) is 9.59 Å². The van der Waals surface area contributed by atoms with Crippen molar-refractivity contribution in [2.24, 2.45) is 0 Å². The highest BCUT2D eigenvalue weighted by Crippen LogP contribution is 2.21. The zero-order valence-corrected chi connectivity index (χ0v) is 17.3. The molecule has 2 amide bonds. The summed E-state index contributed by atoms with van der Waals surface area (Å²) in [5.74, 6) is 2.42. The molecule has 0 fully saturated rings. The van der Waals surface area contributed by atoms with Gasteiger partial charge in [-0.2, -0.15) is 13.2 Å². The maximum Gasteiger partial charge on any atom is 0.471 e. The van der Waals surface area contributed by atoms with Gasteiger partial charge < -0.3 is 10.6 Å². The molecule has 33 heavy (non-hydrogen) atoms. The van der Waals surface area contributed by atoms with E-state index >= 15 is 0 Å². The first-order valence-corrected chi connectivity index (χ1v) is 9.55. The lowest BCUT2D eigenvalue weighted by Crippen LogP contribution is -2.30. The van der Waals surface area contributed by atoms with E-state index in [2.05, 4.69) is 27.1 Å². The molecule has 3 rings (SSSR count). The van der Waals surface area contributed by atoms with E-state index in [9.17, 15) is 27.2 Å². The molecule has 0 unspecified atom stereocenters. The Labute approximate surface area is 190 Å². The van der Waals surface area contributed by atoms with Gasteiger partial charge in [-0.15, -0.1) is 0 Å². The number of pyridine rings is 2. The van der Waals surface area contributed by atoms with Crippen molar-refractivity contribution in [2.45, 2.75) is 12.6 Å². The second kappa shape index (κ2) is 10.1. The van der Waals surface area contributed by atoms with Gasteiger partial charge in [0.25, 0.3) is 0 Å². The van der Waals surface area contributed by atoms with Crippen LogP contribution in [-0.4, -0.2) is 28.0 Å². The summed E-state index contributed by atoms with van der Waals surface area (Å²) in [4.78, 5) is 31.3. The number of amides is 2. The number of rotatable bonds is 4. The predicted octanol–water partition coefficient (Wildman–Crippen LogP) is 4.35. The molecule has 0 aliphatic rings. The topological polar surface area (TPSA) is 84.0 Å². The molecule has 0 saturated heterocycles. The summed E-state index contributed by atoms with van der Waals surface area (Å²) in [7, 11) is 0. The Morgan fingerprint density at radius 2 is 1.73 bits per heavy atom. The summed E-state index contributed by atoms with van der Waals surface area (Å²) in [6.45, 7) is 0. The minimum Gasteiger partial charge on any atom is -0.316 e. The highest BCUT2D eigenvalue weighted by atomic mass is 35.5.